The fourth-order valence-electron chi connectivity index (χ4n) is 4.38. The molecule has 0 aliphatic heterocycles. The smallest absolute Gasteiger partial charge is 0.282 e. The van der Waals surface area contributed by atoms with Gasteiger partial charge in [0.1, 0.15) is 0 Å². The van der Waals surface area contributed by atoms with Gasteiger partial charge in [-0.15, -0.1) is 0 Å². The van der Waals surface area contributed by atoms with Gasteiger partial charge in [-0.3, -0.25) is 4.55 Å². The SMILES string of the molecule is CCc1cc(C=C(C)c2ccc3c(c2)C(C)(C)CCC3(C)C)ccc1S(=O)(=O)O. The Balaban J connectivity index is 2.03. The summed E-state index contributed by atoms with van der Waals surface area (Å²) < 4.78 is 32.5. The molecule has 1 aliphatic rings. The Bertz CT molecular complexity index is 1070. The first-order valence-corrected chi connectivity index (χ1v) is 11.7. The number of aryl methyl sites for hydroxylation is 1. The van der Waals surface area contributed by atoms with Crippen LogP contribution in [0.4, 0.5) is 0 Å². The van der Waals surface area contributed by atoms with Gasteiger partial charge in [-0.25, -0.2) is 0 Å². The summed E-state index contributed by atoms with van der Waals surface area (Å²) >= 11 is 0. The molecular formula is C25H32O3S. The van der Waals surface area contributed by atoms with Gasteiger partial charge in [-0.1, -0.05) is 71.0 Å². The van der Waals surface area contributed by atoms with E-state index in [9.17, 15) is 13.0 Å². The lowest BCUT2D eigenvalue weighted by atomic mass is 9.63. The number of hydrogen-bond donors (Lipinski definition) is 1. The highest BCUT2D eigenvalue weighted by molar-refractivity contribution is 7.85. The van der Waals surface area contributed by atoms with Crippen molar-refractivity contribution >= 4 is 21.8 Å². The second-order valence-corrected chi connectivity index (χ2v) is 10.9. The molecule has 2 aromatic rings. The molecule has 0 unspecified atom stereocenters. The van der Waals surface area contributed by atoms with Gasteiger partial charge in [0.15, 0.2) is 0 Å². The maximum Gasteiger partial charge on any atom is 0.294 e. The maximum atomic E-state index is 11.6. The largest absolute Gasteiger partial charge is 0.294 e. The molecule has 0 saturated heterocycles. The van der Waals surface area contributed by atoms with E-state index in [0.29, 0.717) is 12.0 Å². The van der Waals surface area contributed by atoms with Crippen LogP contribution in [0.3, 0.4) is 0 Å². The highest BCUT2D eigenvalue weighted by atomic mass is 32.2. The van der Waals surface area contributed by atoms with Crippen LogP contribution in [0, 0.1) is 0 Å². The third kappa shape index (κ3) is 4.34. The van der Waals surface area contributed by atoms with E-state index >= 15 is 0 Å². The highest BCUT2D eigenvalue weighted by Gasteiger charge is 2.36. The summed E-state index contributed by atoms with van der Waals surface area (Å²) in [5.74, 6) is 0. The summed E-state index contributed by atoms with van der Waals surface area (Å²) in [5.41, 5.74) is 7.11. The van der Waals surface area contributed by atoms with Crippen molar-refractivity contribution in [2.75, 3.05) is 0 Å². The summed E-state index contributed by atoms with van der Waals surface area (Å²) in [6.45, 7) is 13.3. The zero-order chi connectivity index (χ0) is 21.6. The van der Waals surface area contributed by atoms with Crippen molar-refractivity contribution in [1.29, 1.82) is 0 Å². The molecule has 2 aromatic carbocycles. The van der Waals surface area contributed by atoms with E-state index in [1.54, 1.807) is 6.07 Å². The first-order valence-electron chi connectivity index (χ1n) is 10.3. The van der Waals surface area contributed by atoms with E-state index < -0.39 is 10.1 Å². The van der Waals surface area contributed by atoms with E-state index in [-0.39, 0.29) is 15.7 Å². The van der Waals surface area contributed by atoms with Gasteiger partial charge in [-0.2, -0.15) is 8.42 Å². The zero-order valence-electron chi connectivity index (χ0n) is 18.3. The summed E-state index contributed by atoms with van der Waals surface area (Å²) in [6.07, 6.45) is 4.99. The number of allylic oxidation sites excluding steroid dienone is 1. The fourth-order valence-corrected chi connectivity index (χ4v) is 5.16. The van der Waals surface area contributed by atoms with Crippen molar-refractivity contribution in [1.82, 2.24) is 0 Å². The lowest BCUT2D eigenvalue weighted by molar-refractivity contribution is 0.332. The number of rotatable bonds is 4. The van der Waals surface area contributed by atoms with Gasteiger partial charge in [0.05, 0.1) is 4.90 Å². The average Bonchev–Trinajstić information content (AvgIpc) is 2.64. The molecule has 3 nitrogen and oxygen atoms in total. The maximum absolute atomic E-state index is 11.6. The van der Waals surface area contributed by atoms with Crippen molar-refractivity contribution in [3.8, 4) is 0 Å². The predicted molar refractivity (Wildman–Crippen MR) is 121 cm³/mol. The predicted octanol–water partition coefficient (Wildman–Crippen LogP) is 6.41. The Morgan fingerprint density at radius 1 is 1.00 bits per heavy atom. The third-order valence-electron chi connectivity index (χ3n) is 6.43. The van der Waals surface area contributed by atoms with Crippen LogP contribution in [0.5, 0.6) is 0 Å². The van der Waals surface area contributed by atoms with Gasteiger partial charge in [0.2, 0.25) is 0 Å². The first-order chi connectivity index (χ1) is 13.3. The molecule has 0 atom stereocenters. The Kier molecular flexibility index (Phi) is 5.57. The molecule has 0 amide bonds. The van der Waals surface area contributed by atoms with Crippen molar-refractivity contribution in [2.45, 2.75) is 76.5 Å². The second-order valence-electron chi connectivity index (χ2n) is 9.55. The van der Waals surface area contributed by atoms with E-state index in [1.807, 2.05) is 13.0 Å². The minimum atomic E-state index is -4.20. The Labute approximate surface area is 175 Å². The lowest BCUT2D eigenvalue weighted by Gasteiger charge is -2.42. The third-order valence-corrected chi connectivity index (χ3v) is 7.39. The quantitative estimate of drug-likeness (QED) is 0.466. The summed E-state index contributed by atoms with van der Waals surface area (Å²) in [7, 11) is -4.20. The Hall–Kier alpha value is -1.91. The average molecular weight is 413 g/mol. The molecular weight excluding hydrogens is 380 g/mol. The van der Waals surface area contributed by atoms with Crippen LogP contribution in [-0.4, -0.2) is 13.0 Å². The molecule has 0 saturated carbocycles. The molecule has 0 heterocycles. The molecule has 156 valence electrons. The van der Waals surface area contributed by atoms with Crippen molar-refractivity contribution < 1.29 is 13.0 Å². The molecule has 29 heavy (non-hydrogen) atoms. The van der Waals surface area contributed by atoms with Crippen LogP contribution in [0.2, 0.25) is 0 Å². The van der Waals surface area contributed by atoms with Gasteiger partial charge in [-0.05, 0) is 76.5 Å². The Morgan fingerprint density at radius 3 is 2.21 bits per heavy atom. The molecule has 3 rings (SSSR count). The Morgan fingerprint density at radius 2 is 1.62 bits per heavy atom. The molecule has 0 fully saturated rings. The normalized spacial score (nSPS) is 18.4. The van der Waals surface area contributed by atoms with Crippen LogP contribution < -0.4 is 0 Å². The molecule has 0 spiro atoms. The van der Waals surface area contributed by atoms with Crippen LogP contribution in [0.25, 0.3) is 11.6 Å². The van der Waals surface area contributed by atoms with Gasteiger partial charge < -0.3 is 0 Å². The highest BCUT2D eigenvalue weighted by Crippen LogP contribution is 2.46. The number of hydrogen-bond acceptors (Lipinski definition) is 2. The van der Waals surface area contributed by atoms with E-state index in [0.717, 1.165) is 11.1 Å². The minimum Gasteiger partial charge on any atom is -0.282 e. The van der Waals surface area contributed by atoms with Crippen LogP contribution in [0.15, 0.2) is 41.3 Å². The monoisotopic (exact) mass is 412 g/mol. The molecule has 1 N–H and O–H groups in total. The van der Waals surface area contributed by atoms with Gasteiger partial charge in [0.25, 0.3) is 10.1 Å². The van der Waals surface area contributed by atoms with Gasteiger partial charge >= 0.3 is 0 Å². The van der Waals surface area contributed by atoms with Crippen LogP contribution in [0.1, 0.15) is 82.2 Å². The molecule has 1 aliphatic carbocycles. The standard InChI is InChI=1S/C25H32O3S/c1-7-19-15-18(8-11-23(19)29(26,27)28)14-17(2)20-9-10-21-22(16-20)25(5,6)13-12-24(21,3)4/h8-11,14-16H,7,12-13H2,1-6H3,(H,26,27,28). The van der Waals surface area contributed by atoms with Crippen LogP contribution in [-0.2, 0) is 27.4 Å². The van der Waals surface area contributed by atoms with E-state index in [4.69, 9.17) is 0 Å². The van der Waals surface area contributed by atoms with Crippen molar-refractivity contribution in [2.24, 2.45) is 0 Å². The van der Waals surface area contributed by atoms with Gasteiger partial charge in [0, 0.05) is 0 Å². The number of benzene rings is 2. The molecule has 0 radical (unpaired) electrons. The van der Waals surface area contributed by atoms with Crippen molar-refractivity contribution in [3.05, 3.63) is 64.2 Å². The van der Waals surface area contributed by atoms with E-state index in [2.05, 4.69) is 58.9 Å². The summed E-state index contributed by atoms with van der Waals surface area (Å²) in [5, 5.41) is 0. The molecule has 4 heteroatoms. The number of fused-ring (bicyclic) bond motifs is 1. The summed E-state index contributed by atoms with van der Waals surface area (Å²) in [4.78, 5) is -0.00688. The lowest BCUT2D eigenvalue weighted by Crippen LogP contribution is -2.33. The second kappa shape index (κ2) is 7.41. The summed E-state index contributed by atoms with van der Waals surface area (Å²) in [6, 6.07) is 11.9. The van der Waals surface area contributed by atoms with Crippen molar-refractivity contribution in [3.63, 3.8) is 0 Å². The van der Waals surface area contributed by atoms with Crippen LogP contribution >= 0.6 is 0 Å². The van der Waals surface area contributed by atoms with E-state index in [1.165, 1.54) is 35.6 Å². The minimum absolute atomic E-state index is 0.00688. The molecule has 0 aromatic heterocycles. The fraction of sp³-hybridized carbons (Fsp3) is 0.440. The zero-order valence-corrected chi connectivity index (χ0v) is 19.2. The molecule has 0 bridgehead atoms. The first kappa shape index (κ1) is 21.8. The topological polar surface area (TPSA) is 54.4 Å².